The van der Waals surface area contributed by atoms with Crippen LogP contribution in [0.4, 0.5) is 18.0 Å². The lowest BCUT2D eigenvalue weighted by atomic mass is 10.1. The summed E-state index contributed by atoms with van der Waals surface area (Å²) in [6.07, 6.45) is -4.58. The van der Waals surface area contributed by atoms with Gasteiger partial charge in [-0.05, 0) is 51.8 Å². The topological polar surface area (TPSA) is 88.7 Å². The molecule has 2 aromatic rings. The molecule has 0 aliphatic carbocycles. The van der Waals surface area contributed by atoms with Gasteiger partial charge in [-0.15, -0.1) is 0 Å². The van der Waals surface area contributed by atoms with Crippen LogP contribution in [0.1, 0.15) is 51.1 Å². The zero-order valence-electron chi connectivity index (χ0n) is 15.6. The normalized spacial score (nSPS) is 17.8. The molecule has 0 radical (unpaired) electrons. The van der Waals surface area contributed by atoms with Crippen LogP contribution in [0.25, 0.3) is 11.4 Å². The van der Waals surface area contributed by atoms with Gasteiger partial charge in [-0.1, -0.05) is 5.16 Å². The van der Waals surface area contributed by atoms with E-state index in [0.29, 0.717) is 19.4 Å². The molecule has 1 aliphatic rings. The van der Waals surface area contributed by atoms with Gasteiger partial charge in [-0.25, -0.2) is 4.79 Å². The smallest absolute Gasteiger partial charge is 0.419 e. The van der Waals surface area contributed by atoms with Crippen LogP contribution in [0.15, 0.2) is 22.7 Å². The van der Waals surface area contributed by atoms with E-state index in [-0.39, 0.29) is 23.0 Å². The van der Waals surface area contributed by atoms with Crippen LogP contribution in [0.3, 0.4) is 0 Å². The van der Waals surface area contributed by atoms with E-state index < -0.39 is 29.5 Å². The molecule has 1 atom stereocenters. The molecule has 10 heteroatoms. The molecule has 1 aromatic heterocycles. The summed E-state index contributed by atoms with van der Waals surface area (Å²) in [6, 6.07) is 2.94. The number of benzene rings is 1. The molecule has 1 amide bonds. The van der Waals surface area contributed by atoms with Gasteiger partial charge in [0.15, 0.2) is 0 Å². The molecule has 2 heterocycles. The second kappa shape index (κ2) is 6.99. The number of nitrogens with zero attached hydrogens (tertiary/aromatic N) is 3. The van der Waals surface area contributed by atoms with Gasteiger partial charge in [-0.2, -0.15) is 18.2 Å². The summed E-state index contributed by atoms with van der Waals surface area (Å²) >= 11 is 0. The molecule has 152 valence electrons. The third-order valence-electron chi connectivity index (χ3n) is 4.18. The fourth-order valence-electron chi connectivity index (χ4n) is 3.05. The molecule has 0 spiro atoms. The zero-order chi connectivity index (χ0) is 20.7. The van der Waals surface area contributed by atoms with E-state index in [1.807, 2.05) is 0 Å². The molecule has 0 saturated carbocycles. The third-order valence-corrected chi connectivity index (χ3v) is 4.18. The van der Waals surface area contributed by atoms with Gasteiger partial charge < -0.3 is 14.4 Å². The Bertz CT molecular complexity index is 874. The lowest BCUT2D eigenvalue weighted by Crippen LogP contribution is -2.28. The number of alkyl halides is 3. The Morgan fingerprint density at radius 2 is 2.04 bits per heavy atom. The zero-order valence-corrected chi connectivity index (χ0v) is 15.6. The minimum absolute atomic E-state index is 0.0416. The minimum atomic E-state index is -4.63. The first-order valence-electron chi connectivity index (χ1n) is 8.69. The monoisotopic (exact) mass is 399 g/mol. The van der Waals surface area contributed by atoms with E-state index in [2.05, 4.69) is 10.1 Å². The number of hydrogen-bond donors (Lipinski definition) is 1. The number of rotatable bonds is 3. The van der Waals surface area contributed by atoms with E-state index in [4.69, 9.17) is 9.26 Å². The van der Waals surface area contributed by atoms with Crippen molar-refractivity contribution in [3.05, 3.63) is 29.7 Å². The molecule has 1 N–H and O–H groups in total. The first-order valence-corrected chi connectivity index (χ1v) is 8.69. The Hall–Kier alpha value is -2.78. The number of aromatic nitrogens is 2. The molecule has 1 aliphatic heterocycles. The second-order valence-corrected chi connectivity index (χ2v) is 7.51. The fourth-order valence-corrected chi connectivity index (χ4v) is 3.05. The summed E-state index contributed by atoms with van der Waals surface area (Å²) in [6.45, 7) is 5.31. The summed E-state index contributed by atoms with van der Waals surface area (Å²) < 4.78 is 51.0. The molecular formula is C18H20F3N3O4. The molecule has 1 fully saturated rings. The molecule has 0 bridgehead atoms. The molecule has 1 saturated heterocycles. The number of carbonyl (C=O) groups is 1. The van der Waals surface area contributed by atoms with Crippen LogP contribution in [0.5, 0.6) is 5.75 Å². The Kier molecular flexibility index (Phi) is 4.99. The summed E-state index contributed by atoms with van der Waals surface area (Å²) in [5, 5.41) is 13.0. The van der Waals surface area contributed by atoms with Crippen molar-refractivity contribution in [1.29, 1.82) is 0 Å². The van der Waals surface area contributed by atoms with Gasteiger partial charge in [0.2, 0.25) is 11.7 Å². The number of ether oxygens (including phenoxy) is 1. The predicted molar refractivity (Wildman–Crippen MR) is 91.8 cm³/mol. The van der Waals surface area contributed by atoms with Crippen molar-refractivity contribution in [3.8, 4) is 17.1 Å². The van der Waals surface area contributed by atoms with Crippen LogP contribution in [-0.4, -0.2) is 38.4 Å². The van der Waals surface area contributed by atoms with Crippen molar-refractivity contribution in [2.75, 3.05) is 6.54 Å². The number of amides is 1. The van der Waals surface area contributed by atoms with Crippen molar-refractivity contribution in [2.24, 2.45) is 0 Å². The average molecular weight is 399 g/mol. The highest BCUT2D eigenvalue weighted by atomic mass is 19.4. The summed E-state index contributed by atoms with van der Waals surface area (Å²) in [5.74, 6) is -0.265. The summed E-state index contributed by atoms with van der Waals surface area (Å²) in [5.41, 5.74) is -1.65. The molecule has 3 rings (SSSR count). The van der Waals surface area contributed by atoms with Gasteiger partial charge in [0.05, 0.1) is 5.56 Å². The van der Waals surface area contributed by atoms with Crippen molar-refractivity contribution < 1.29 is 32.3 Å². The number of carboxylic acid groups (broad SMARTS) is 1. The van der Waals surface area contributed by atoms with E-state index in [1.165, 1.54) is 17.0 Å². The Labute approximate surface area is 159 Å². The van der Waals surface area contributed by atoms with Crippen LogP contribution < -0.4 is 4.74 Å². The first kappa shape index (κ1) is 20.0. The van der Waals surface area contributed by atoms with Crippen molar-refractivity contribution in [2.45, 2.75) is 51.4 Å². The minimum Gasteiger partial charge on any atom is -0.488 e. The van der Waals surface area contributed by atoms with Crippen LogP contribution in [-0.2, 0) is 6.18 Å². The maximum atomic E-state index is 13.5. The summed E-state index contributed by atoms with van der Waals surface area (Å²) in [7, 11) is 0. The highest BCUT2D eigenvalue weighted by Crippen LogP contribution is 2.40. The van der Waals surface area contributed by atoms with Gasteiger partial charge in [0.1, 0.15) is 17.4 Å². The average Bonchev–Trinajstić information content (AvgIpc) is 3.21. The van der Waals surface area contributed by atoms with Crippen LogP contribution in [0.2, 0.25) is 0 Å². The SMILES string of the molecule is CC(C)(C)Oc1ccc(-c2noc([C@@H]3CCCN3C(=O)O)n2)cc1C(F)(F)F. The molecule has 28 heavy (non-hydrogen) atoms. The first-order chi connectivity index (χ1) is 13.0. The molecular weight excluding hydrogens is 379 g/mol. The Balaban J connectivity index is 1.94. The van der Waals surface area contributed by atoms with Crippen LogP contribution in [0, 0.1) is 0 Å². The maximum Gasteiger partial charge on any atom is 0.419 e. The predicted octanol–water partition coefficient (Wildman–Crippen LogP) is 4.75. The number of halogens is 3. The molecule has 1 aromatic carbocycles. The van der Waals surface area contributed by atoms with Gasteiger partial charge in [0, 0.05) is 12.1 Å². The highest BCUT2D eigenvalue weighted by molar-refractivity contribution is 5.66. The van der Waals surface area contributed by atoms with Gasteiger partial charge >= 0.3 is 12.3 Å². The second-order valence-electron chi connectivity index (χ2n) is 7.51. The number of likely N-dealkylation sites (tertiary alicyclic amines) is 1. The van der Waals surface area contributed by atoms with Crippen molar-refractivity contribution >= 4 is 6.09 Å². The molecule has 0 unspecified atom stereocenters. The standard InChI is InChI=1S/C18H20F3N3O4/c1-17(2,3)27-13-7-6-10(9-11(13)18(19,20)21)14-22-15(28-23-14)12-5-4-8-24(12)16(25)26/h6-7,9,12H,4-5,8H2,1-3H3,(H,25,26)/t12-/m0/s1. The lowest BCUT2D eigenvalue weighted by molar-refractivity contribution is -0.139. The fraction of sp³-hybridized carbons (Fsp3) is 0.500. The molecule has 7 nitrogen and oxygen atoms in total. The van der Waals surface area contributed by atoms with E-state index in [0.717, 1.165) is 6.07 Å². The van der Waals surface area contributed by atoms with E-state index in [9.17, 15) is 23.1 Å². The van der Waals surface area contributed by atoms with Gasteiger partial charge in [-0.3, -0.25) is 4.90 Å². The van der Waals surface area contributed by atoms with Crippen molar-refractivity contribution in [1.82, 2.24) is 15.0 Å². The Morgan fingerprint density at radius 3 is 2.64 bits per heavy atom. The van der Waals surface area contributed by atoms with Crippen molar-refractivity contribution in [3.63, 3.8) is 0 Å². The van der Waals surface area contributed by atoms with Crippen LogP contribution >= 0.6 is 0 Å². The van der Waals surface area contributed by atoms with E-state index in [1.54, 1.807) is 20.8 Å². The largest absolute Gasteiger partial charge is 0.488 e. The summed E-state index contributed by atoms with van der Waals surface area (Å²) in [4.78, 5) is 16.6. The lowest BCUT2D eigenvalue weighted by Gasteiger charge is -2.24. The van der Waals surface area contributed by atoms with Gasteiger partial charge in [0.25, 0.3) is 0 Å². The Morgan fingerprint density at radius 1 is 1.32 bits per heavy atom. The third kappa shape index (κ3) is 4.20. The highest BCUT2D eigenvalue weighted by Gasteiger charge is 2.37. The number of hydrogen-bond acceptors (Lipinski definition) is 5. The quantitative estimate of drug-likeness (QED) is 0.801. The maximum absolute atomic E-state index is 13.5. The van der Waals surface area contributed by atoms with E-state index >= 15 is 0 Å².